The molecule has 2 bridgehead atoms. The van der Waals surface area contributed by atoms with Gasteiger partial charge in [-0.2, -0.15) is 12.7 Å². The lowest BCUT2D eigenvalue weighted by Gasteiger charge is -2.46. The number of benzene rings is 2. The molecule has 306 valence electrons. The van der Waals surface area contributed by atoms with Gasteiger partial charge in [0.15, 0.2) is 5.60 Å². The van der Waals surface area contributed by atoms with E-state index >= 15 is 0 Å². The Labute approximate surface area is 332 Å². The second kappa shape index (κ2) is 15.8. The minimum Gasteiger partial charge on any atom is -0.490 e. The van der Waals surface area contributed by atoms with E-state index in [4.69, 9.17) is 21.1 Å². The molecule has 5 aliphatic rings. The predicted molar refractivity (Wildman–Crippen MR) is 208 cm³/mol. The number of amides is 2. The number of hydrogen-bond donors (Lipinski definition) is 2. The number of aryl methyl sites for hydroxylation is 1. The smallest absolute Gasteiger partial charge is 0.303 e. The number of halogens is 3. The van der Waals surface area contributed by atoms with E-state index in [1.54, 1.807) is 24.1 Å². The maximum absolute atomic E-state index is 13.9. The van der Waals surface area contributed by atoms with Crippen LogP contribution < -0.4 is 14.4 Å². The highest BCUT2D eigenvalue weighted by Gasteiger charge is 2.48. The van der Waals surface area contributed by atoms with Crippen LogP contribution in [0.15, 0.2) is 48.6 Å². The number of carbonyl (C=O) groups is 2. The fraction of sp³-hybridized carbons (Fsp3) is 0.600. The molecule has 1 saturated heterocycles. The zero-order valence-electron chi connectivity index (χ0n) is 32.2. The van der Waals surface area contributed by atoms with Crippen molar-refractivity contribution < 1.29 is 41.4 Å². The van der Waals surface area contributed by atoms with Crippen molar-refractivity contribution in [2.45, 2.75) is 68.0 Å². The van der Waals surface area contributed by atoms with Crippen molar-refractivity contribution in [3.63, 3.8) is 0 Å². The standard InChI is InChI=1S/C40H52ClF2N5O7S/c1-45(2)56(52,53)44-37(50)40(51)21-36(49)46(3)16-5-4-8-34(54-18-17-47-24-39(42,43)25-47)31-12-9-28(31)22-48-23-38(26-55-35-14-10-29(40)20-33(35)48)15-6-7-27-19-30(41)11-13-32(27)38/h4,8,10-11,13-14,19-20,28,31,34,51H,5-7,9,12,15-18,21-26H2,1-3H3,(H,44,50)/b8-4-/t28-,31+,34-,38-,40+/m0/s1. The fourth-order valence-electron chi connectivity index (χ4n) is 8.90. The number of likely N-dealkylation sites (tertiary alicyclic amines) is 1. The molecular weight excluding hydrogens is 768 g/mol. The lowest BCUT2D eigenvalue weighted by Crippen LogP contribution is -2.57. The number of rotatable bonds is 7. The largest absolute Gasteiger partial charge is 0.490 e. The van der Waals surface area contributed by atoms with Gasteiger partial charge in [-0.15, -0.1) is 0 Å². The van der Waals surface area contributed by atoms with Gasteiger partial charge in [0.25, 0.3) is 11.8 Å². The Hall–Kier alpha value is -3.34. The van der Waals surface area contributed by atoms with Crippen LogP contribution in [0.25, 0.3) is 0 Å². The first-order valence-electron chi connectivity index (χ1n) is 19.4. The molecule has 0 unspecified atom stereocenters. The normalized spacial score (nSPS) is 30.0. The molecule has 0 radical (unpaired) electrons. The van der Waals surface area contributed by atoms with Crippen LogP contribution in [0.2, 0.25) is 5.02 Å². The molecular formula is C40H52ClF2N5O7S. The molecule has 1 spiro atoms. The molecule has 2 amide bonds. The van der Waals surface area contributed by atoms with Crippen molar-refractivity contribution >= 4 is 39.3 Å². The van der Waals surface area contributed by atoms with Crippen molar-refractivity contribution in [3.8, 4) is 5.75 Å². The molecule has 16 heteroatoms. The molecule has 2 aromatic carbocycles. The molecule has 3 aliphatic heterocycles. The summed E-state index contributed by atoms with van der Waals surface area (Å²) in [6, 6.07) is 10.9. The monoisotopic (exact) mass is 819 g/mol. The van der Waals surface area contributed by atoms with Crippen molar-refractivity contribution in [2.24, 2.45) is 11.8 Å². The third-order valence-electron chi connectivity index (χ3n) is 12.4. The summed E-state index contributed by atoms with van der Waals surface area (Å²) in [5, 5.41) is 13.0. The van der Waals surface area contributed by atoms with Gasteiger partial charge in [0.2, 0.25) is 5.91 Å². The molecule has 2 N–H and O–H groups in total. The van der Waals surface area contributed by atoms with Crippen LogP contribution in [0.1, 0.15) is 55.2 Å². The molecule has 5 atom stereocenters. The summed E-state index contributed by atoms with van der Waals surface area (Å²) in [6.45, 7) is 1.96. The molecule has 56 heavy (non-hydrogen) atoms. The Morgan fingerprint density at radius 3 is 2.64 bits per heavy atom. The Morgan fingerprint density at radius 2 is 1.93 bits per heavy atom. The summed E-state index contributed by atoms with van der Waals surface area (Å²) >= 11 is 6.47. The zero-order chi connectivity index (χ0) is 40.0. The van der Waals surface area contributed by atoms with Gasteiger partial charge in [0.05, 0.1) is 44.5 Å². The highest BCUT2D eigenvalue weighted by atomic mass is 35.5. The maximum Gasteiger partial charge on any atom is 0.303 e. The summed E-state index contributed by atoms with van der Waals surface area (Å²) in [4.78, 5) is 33.0. The second-order valence-electron chi connectivity index (χ2n) is 16.5. The quantitative estimate of drug-likeness (QED) is 0.397. The van der Waals surface area contributed by atoms with E-state index < -0.39 is 45.4 Å². The third-order valence-corrected chi connectivity index (χ3v) is 14.0. The third kappa shape index (κ3) is 8.30. The van der Waals surface area contributed by atoms with Gasteiger partial charge in [0, 0.05) is 57.8 Å². The summed E-state index contributed by atoms with van der Waals surface area (Å²) in [5.41, 5.74) is 0.0334. The topological polar surface area (TPSA) is 132 Å². The lowest BCUT2D eigenvalue weighted by molar-refractivity contribution is -0.148. The van der Waals surface area contributed by atoms with E-state index in [-0.39, 0.29) is 43.1 Å². The van der Waals surface area contributed by atoms with Crippen LogP contribution >= 0.6 is 11.6 Å². The molecule has 1 saturated carbocycles. The number of anilines is 1. The second-order valence-corrected chi connectivity index (χ2v) is 18.8. The van der Waals surface area contributed by atoms with Gasteiger partial charge in [-0.05, 0) is 91.3 Å². The molecule has 0 aromatic heterocycles. The molecule has 2 fully saturated rings. The van der Waals surface area contributed by atoms with Gasteiger partial charge < -0.3 is 24.4 Å². The zero-order valence-corrected chi connectivity index (χ0v) is 33.8. The highest BCUT2D eigenvalue weighted by molar-refractivity contribution is 7.87. The van der Waals surface area contributed by atoms with E-state index in [9.17, 15) is 31.9 Å². The van der Waals surface area contributed by atoms with Crippen molar-refractivity contribution in [1.29, 1.82) is 0 Å². The lowest BCUT2D eigenvalue weighted by atomic mass is 9.68. The fourth-order valence-corrected chi connectivity index (χ4v) is 9.68. The average Bonchev–Trinajstić information content (AvgIpc) is 3.26. The Bertz CT molecular complexity index is 1960. The first kappa shape index (κ1) is 40.8. The number of carbonyl (C=O) groups excluding carboxylic acids is 2. The number of nitrogens with one attached hydrogen (secondary N) is 1. The number of ether oxygens (including phenoxy) is 2. The van der Waals surface area contributed by atoms with Crippen LogP contribution in [0.3, 0.4) is 0 Å². The number of alkyl halides is 2. The first-order valence-corrected chi connectivity index (χ1v) is 21.2. The van der Waals surface area contributed by atoms with E-state index in [1.165, 1.54) is 30.6 Å². The molecule has 2 aromatic rings. The summed E-state index contributed by atoms with van der Waals surface area (Å²) < 4.78 is 68.7. The van der Waals surface area contributed by atoms with Gasteiger partial charge in [-0.3, -0.25) is 14.5 Å². The number of hydrogen-bond acceptors (Lipinski definition) is 9. The van der Waals surface area contributed by atoms with Crippen molar-refractivity contribution in [1.82, 2.24) is 18.8 Å². The summed E-state index contributed by atoms with van der Waals surface area (Å²) in [6.07, 6.45) is 7.94. The van der Waals surface area contributed by atoms with Crippen molar-refractivity contribution in [3.05, 3.63) is 70.3 Å². The number of fused-ring (bicyclic) bond motifs is 4. The van der Waals surface area contributed by atoms with Crippen LogP contribution in [-0.2, 0) is 42.0 Å². The van der Waals surface area contributed by atoms with Crippen LogP contribution in [0, 0.1) is 11.8 Å². The van der Waals surface area contributed by atoms with Crippen LogP contribution in [0.4, 0.5) is 14.5 Å². The van der Waals surface area contributed by atoms with E-state index in [0.717, 1.165) is 42.0 Å². The van der Waals surface area contributed by atoms with Gasteiger partial charge in [-0.25, -0.2) is 13.5 Å². The molecule has 7 rings (SSSR count). The Morgan fingerprint density at radius 1 is 1.14 bits per heavy atom. The SMILES string of the molecule is CN1CC/C=C\[C@H](OCCN2CC(F)(F)C2)[C@@H]2CC[C@H]2CN2C[C@@]3(CCCc4cc(Cl)ccc43)COc3ccc(cc32)[C@@](O)(C(=O)NS(=O)(=O)N(C)C)CC1=O. The first-order chi connectivity index (χ1) is 26.5. The Balaban J connectivity index is 1.28. The van der Waals surface area contributed by atoms with E-state index in [2.05, 4.69) is 11.0 Å². The van der Waals surface area contributed by atoms with Gasteiger partial charge in [-0.1, -0.05) is 35.9 Å². The predicted octanol–water partition coefficient (Wildman–Crippen LogP) is 4.09. The van der Waals surface area contributed by atoms with Crippen LogP contribution in [-0.4, -0.2) is 125 Å². The number of aliphatic hydroxyl groups is 1. The highest BCUT2D eigenvalue weighted by Crippen LogP contribution is 2.48. The summed E-state index contributed by atoms with van der Waals surface area (Å²) in [5.74, 6) is -3.63. The molecule has 12 nitrogen and oxygen atoms in total. The van der Waals surface area contributed by atoms with Gasteiger partial charge in [0.1, 0.15) is 5.75 Å². The summed E-state index contributed by atoms with van der Waals surface area (Å²) in [7, 11) is -0.249. The van der Waals surface area contributed by atoms with E-state index in [1.807, 2.05) is 29.0 Å². The molecule has 3 heterocycles. The number of nitrogens with zero attached hydrogens (tertiary/aromatic N) is 4. The minimum atomic E-state index is -4.33. The Kier molecular flexibility index (Phi) is 11.5. The van der Waals surface area contributed by atoms with Gasteiger partial charge >= 0.3 is 10.2 Å². The molecule has 2 aliphatic carbocycles. The minimum absolute atomic E-state index is 0.0553. The van der Waals surface area contributed by atoms with Crippen LogP contribution in [0.5, 0.6) is 5.75 Å². The van der Waals surface area contributed by atoms with Crippen molar-refractivity contribution in [2.75, 3.05) is 78.5 Å². The van der Waals surface area contributed by atoms with E-state index in [0.29, 0.717) is 55.7 Å². The maximum atomic E-state index is 13.9. The average molecular weight is 820 g/mol.